The Hall–Kier alpha value is -2.86. The summed E-state index contributed by atoms with van der Waals surface area (Å²) in [5.74, 6) is -0.367. The molecule has 0 bridgehead atoms. The molecule has 1 heterocycles. The van der Waals surface area contributed by atoms with Gasteiger partial charge in [0.15, 0.2) is 0 Å². The zero-order valence-corrected chi connectivity index (χ0v) is 21.7. The van der Waals surface area contributed by atoms with Crippen LogP contribution >= 0.6 is 11.6 Å². The molecule has 3 N–H and O–H groups in total. The highest BCUT2D eigenvalue weighted by Gasteiger charge is 2.26. The van der Waals surface area contributed by atoms with Gasteiger partial charge in [0.2, 0.25) is 5.91 Å². The Morgan fingerprint density at radius 1 is 1.12 bits per heavy atom. The first kappa shape index (κ1) is 27.4. The maximum Gasteiger partial charge on any atom is 0.319 e. The monoisotopic (exact) mass is 487 g/mol. The van der Waals surface area contributed by atoms with Crippen molar-refractivity contribution in [2.75, 3.05) is 0 Å². The number of amides is 3. The van der Waals surface area contributed by atoms with Crippen molar-refractivity contribution in [3.63, 3.8) is 0 Å². The third-order valence-corrected chi connectivity index (χ3v) is 5.71. The maximum atomic E-state index is 15.4. The summed E-state index contributed by atoms with van der Waals surface area (Å²) in [7, 11) is 0. The Morgan fingerprint density at radius 3 is 2.29 bits per heavy atom. The summed E-state index contributed by atoms with van der Waals surface area (Å²) >= 11 is 6.33. The van der Waals surface area contributed by atoms with E-state index in [2.05, 4.69) is 29.8 Å². The van der Waals surface area contributed by atoms with Gasteiger partial charge in [-0.05, 0) is 29.2 Å². The van der Waals surface area contributed by atoms with Gasteiger partial charge in [-0.25, -0.2) is 9.18 Å². The van der Waals surface area contributed by atoms with Crippen LogP contribution in [0.3, 0.4) is 0 Å². The summed E-state index contributed by atoms with van der Waals surface area (Å²) in [6, 6.07) is 10.2. The molecule has 0 saturated heterocycles. The Kier molecular flexibility index (Phi) is 9.28. The number of urea groups is 1. The fraction of sp³-hybridized carbons (Fsp3) is 0.407. The Bertz CT molecular complexity index is 1060. The third-order valence-electron chi connectivity index (χ3n) is 5.39. The molecule has 0 aliphatic carbocycles. The minimum atomic E-state index is -0.588. The van der Waals surface area contributed by atoms with Crippen LogP contribution in [0.25, 0.3) is 5.70 Å². The largest absolute Gasteiger partial charge is 0.351 e. The molecule has 0 fully saturated rings. The van der Waals surface area contributed by atoms with Gasteiger partial charge in [0.05, 0.1) is 22.3 Å². The SMILES string of the molecule is CC.CC(C)c1ccc(C2C=C(c3c(Cl)ccc(CNC(=O)C(C)(C)C)c3F)NC(=O)N2)cc1. The Labute approximate surface area is 207 Å². The molecule has 0 saturated carbocycles. The van der Waals surface area contributed by atoms with E-state index in [1.54, 1.807) is 32.9 Å². The van der Waals surface area contributed by atoms with Crippen LogP contribution in [0, 0.1) is 11.2 Å². The van der Waals surface area contributed by atoms with E-state index in [1.807, 2.05) is 38.1 Å². The highest BCUT2D eigenvalue weighted by atomic mass is 35.5. The Morgan fingerprint density at radius 2 is 1.74 bits per heavy atom. The standard InChI is InChI=1S/C25H29ClFN3O2.C2H6/c1-14(2)15-6-8-16(9-7-15)19-12-20(30-24(32)29-19)21-18(26)11-10-17(22(21)27)13-28-23(31)25(3,4)5;1-2/h6-12,14,19H,13H2,1-5H3,(H,28,31)(H2,29,30,32);1-2H3. The third kappa shape index (κ3) is 6.60. The lowest BCUT2D eigenvalue weighted by Gasteiger charge is -2.25. The molecule has 1 aliphatic rings. The summed E-state index contributed by atoms with van der Waals surface area (Å²) in [5.41, 5.74) is 2.17. The number of hydrogen-bond acceptors (Lipinski definition) is 2. The van der Waals surface area contributed by atoms with Crippen LogP contribution in [0.5, 0.6) is 0 Å². The van der Waals surface area contributed by atoms with E-state index in [0.717, 1.165) is 5.56 Å². The molecule has 184 valence electrons. The van der Waals surface area contributed by atoms with Gasteiger partial charge < -0.3 is 16.0 Å². The van der Waals surface area contributed by atoms with Crippen LogP contribution in [0.1, 0.15) is 82.7 Å². The van der Waals surface area contributed by atoms with E-state index in [0.29, 0.717) is 5.92 Å². The predicted octanol–water partition coefficient (Wildman–Crippen LogP) is 6.69. The molecule has 0 aromatic heterocycles. The van der Waals surface area contributed by atoms with E-state index in [9.17, 15) is 9.59 Å². The molecule has 5 nitrogen and oxygen atoms in total. The lowest BCUT2D eigenvalue weighted by Crippen LogP contribution is -2.41. The van der Waals surface area contributed by atoms with Gasteiger partial charge in [-0.2, -0.15) is 0 Å². The quantitative estimate of drug-likeness (QED) is 0.440. The van der Waals surface area contributed by atoms with Crippen molar-refractivity contribution in [2.45, 2.75) is 67.0 Å². The number of hydrogen-bond donors (Lipinski definition) is 3. The van der Waals surface area contributed by atoms with Gasteiger partial charge >= 0.3 is 6.03 Å². The zero-order chi connectivity index (χ0) is 25.6. The predicted molar refractivity (Wildman–Crippen MR) is 137 cm³/mol. The van der Waals surface area contributed by atoms with Crippen LogP contribution in [-0.2, 0) is 11.3 Å². The molecule has 34 heavy (non-hydrogen) atoms. The summed E-state index contributed by atoms with van der Waals surface area (Å²) in [6.45, 7) is 13.6. The van der Waals surface area contributed by atoms with E-state index in [1.165, 1.54) is 11.6 Å². The normalized spacial score (nSPS) is 15.5. The fourth-order valence-electron chi connectivity index (χ4n) is 3.38. The van der Waals surface area contributed by atoms with Crippen LogP contribution < -0.4 is 16.0 Å². The molecule has 0 spiro atoms. The number of rotatable bonds is 5. The first-order valence-electron chi connectivity index (χ1n) is 11.6. The van der Waals surface area contributed by atoms with Crippen molar-refractivity contribution in [1.29, 1.82) is 0 Å². The van der Waals surface area contributed by atoms with Crippen LogP contribution in [0.4, 0.5) is 9.18 Å². The first-order chi connectivity index (χ1) is 16.0. The zero-order valence-electron chi connectivity index (χ0n) is 21.0. The van der Waals surface area contributed by atoms with Gasteiger partial charge in [-0.1, -0.05) is 90.4 Å². The van der Waals surface area contributed by atoms with E-state index < -0.39 is 23.3 Å². The second kappa shape index (κ2) is 11.5. The van der Waals surface area contributed by atoms with Gasteiger partial charge in [-0.15, -0.1) is 0 Å². The molecule has 3 amide bonds. The van der Waals surface area contributed by atoms with Crippen LogP contribution in [0.2, 0.25) is 5.02 Å². The maximum absolute atomic E-state index is 15.4. The van der Waals surface area contributed by atoms with E-state index in [-0.39, 0.29) is 34.3 Å². The second-order valence-corrected chi connectivity index (χ2v) is 9.71. The smallest absolute Gasteiger partial charge is 0.319 e. The molecule has 3 rings (SSSR count). The van der Waals surface area contributed by atoms with Gasteiger partial charge in [0.1, 0.15) is 5.82 Å². The van der Waals surface area contributed by atoms with Crippen LogP contribution in [0.15, 0.2) is 42.5 Å². The minimum absolute atomic E-state index is 0.0195. The lowest BCUT2D eigenvalue weighted by atomic mass is 9.95. The van der Waals surface area contributed by atoms with Crippen molar-refractivity contribution in [3.8, 4) is 0 Å². The molecule has 2 aromatic rings. The fourth-order valence-corrected chi connectivity index (χ4v) is 3.63. The molecular formula is C27H35ClFN3O2. The second-order valence-electron chi connectivity index (χ2n) is 9.31. The number of halogens is 2. The summed E-state index contributed by atoms with van der Waals surface area (Å²) in [6.07, 6.45) is 1.74. The highest BCUT2D eigenvalue weighted by Crippen LogP contribution is 2.32. The topological polar surface area (TPSA) is 70.2 Å². The molecular weight excluding hydrogens is 453 g/mol. The van der Waals surface area contributed by atoms with E-state index in [4.69, 9.17) is 11.6 Å². The average Bonchev–Trinajstić information content (AvgIpc) is 2.79. The molecule has 7 heteroatoms. The minimum Gasteiger partial charge on any atom is -0.351 e. The van der Waals surface area contributed by atoms with Crippen LogP contribution in [-0.4, -0.2) is 11.9 Å². The molecule has 1 unspecified atom stereocenters. The molecule has 0 radical (unpaired) electrons. The van der Waals surface area contributed by atoms with E-state index >= 15 is 4.39 Å². The molecule has 1 aliphatic heterocycles. The molecule has 1 atom stereocenters. The lowest BCUT2D eigenvalue weighted by molar-refractivity contribution is -0.128. The number of carbonyl (C=O) groups excluding carboxylic acids is 2. The number of nitrogens with one attached hydrogen (secondary N) is 3. The molecule has 2 aromatic carbocycles. The van der Waals surface area contributed by atoms with Gasteiger partial charge in [0, 0.05) is 17.5 Å². The van der Waals surface area contributed by atoms with Crippen molar-refractivity contribution >= 4 is 29.2 Å². The van der Waals surface area contributed by atoms with Crippen molar-refractivity contribution in [2.24, 2.45) is 5.41 Å². The first-order valence-corrected chi connectivity index (χ1v) is 12.0. The average molecular weight is 488 g/mol. The summed E-state index contributed by atoms with van der Waals surface area (Å²) < 4.78 is 15.4. The summed E-state index contributed by atoms with van der Waals surface area (Å²) in [5, 5.41) is 8.42. The Balaban J connectivity index is 0.00000199. The van der Waals surface area contributed by atoms with Crippen molar-refractivity contribution in [3.05, 3.63) is 75.6 Å². The van der Waals surface area contributed by atoms with Crippen molar-refractivity contribution < 1.29 is 14.0 Å². The van der Waals surface area contributed by atoms with Gasteiger partial charge in [-0.3, -0.25) is 4.79 Å². The number of benzene rings is 2. The van der Waals surface area contributed by atoms with Gasteiger partial charge in [0.25, 0.3) is 0 Å². The number of carbonyl (C=O) groups is 2. The highest BCUT2D eigenvalue weighted by molar-refractivity contribution is 6.32. The van der Waals surface area contributed by atoms with Crippen molar-refractivity contribution in [1.82, 2.24) is 16.0 Å². The summed E-state index contributed by atoms with van der Waals surface area (Å²) in [4.78, 5) is 24.5.